The van der Waals surface area contributed by atoms with Gasteiger partial charge in [-0.2, -0.15) is 0 Å². The molecule has 1 fully saturated rings. The SMILES string of the molecule is CCCC(=O)O[C@H]1[C@@H](OC(=O)CCC)[C@](C)(OC(=O)/C=C/C(=O)O)OC[C@H]1OC(=O)CCC. The summed E-state index contributed by atoms with van der Waals surface area (Å²) in [4.78, 5) is 59.6. The molecule has 186 valence electrons. The van der Waals surface area contributed by atoms with Crippen molar-refractivity contribution in [3.8, 4) is 0 Å². The molecule has 0 aliphatic carbocycles. The van der Waals surface area contributed by atoms with E-state index in [4.69, 9.17) is 28.8 Å². The number of carbonyl (C=O) groups is 5. The number of aliphatic carboxylic acids is 1. The molecular weight excluding hydrogens is 440 g/mol. The van der Waals surface area contributed by atoms with E-state index in [-0.39, 0.29) is 25.9 Å². The fourth-order valence-electron chi connectivity index (χ4n) is 3.04. The van der Waals surface area contributed by atoms with Gasteiger partial charge in [0.05, 0.1) is 6.61 Å². The molecule has 1 rings (SSSR count). The van der Waals surface area contributed by atoms with Crippen LogP contribution in [0.25, 0.3) is 0 Å². The van der Waals surface area contributed by atoms with Crippen molar-refractivity contribution < 1.29 is 52.8 Å². The maximum Gasteiger partial charge on any atom is 0.333 e. The van der Waals surface area contributed by atoms with Crippen molar-refractivity contribution >= 4 is 29.8 Å². The highest BCUT2D eigenvalue weighted by Crippen LogP contribution is 2.34. The van der Waals surface area contributed by atoms with Crippen molar-refractivity contribution in [2.24, 2.45) is 0 Å². The van der Waals surface area contributed by atoms with Crippen molar-refractivity contribution in [2.75, 3.05) is 6.61 Å². The fourth-order valence-corrected chi connectivity index (χ4v) is 3.04. The second-order valence-corrected chi connectivity index (χ2v) is 7.56. The minimum absolute atomic E-state index is 0.0232. The van der Waals surface area contributed by atoms with Gasteiger partial charge in [-0.1, -0.05) is 20.8 Å². The molecule has 0 radical (unpaired) electrons. The van der Waals surface area contributed by atoms with Crippen LogP contribution >= 0.6 is 0 Å². The normalized spacial score (nSPS) is 24.7. The Morgan fingerprint density at radius 2 is 1.39 bits per heavy atom. The van der Waals surface area contributed by atoms with E-state index in [9.17, 15) is 24.0 Å². The molecule has 1 aliphatic heterocycles. The average molecular weight is 472 g/mol. The molecular formula is C22H32O11. The molecule has 4 atom stereocenters. The van der Waals surface area contributed by atoms with E-state index in [0.29, 0.717) is 31.4 Å². The predicted molar refractivity (Wildman–Crippen MR) is 112 cm³/mol. The standard InChI is InChI=1S/C22H32O11/c1-5-8-16(25)30-14-13-29-22(4,33-19(28)12-11-15(23)24)21(32-18(27)10-7-3)20(14)31-17(26)9-6-2/h11-12,14,20-21H,5-10,13H2,1-4H3,(H,23,24)/b12-11+/t14-,20-,21-,22+/m1/s1. The summed E-state index contributed by atoms with van der Waals surface area (Å²) in [5.41, 5.74) is 0. The van der Waals surface area contributed by atoms with E-state index in [1.165, 1.54) is 6.92 Å². The van der Waals surface area contributed by atoms with Crippen LogP contribution in [0.4, 0.5) is 0 Å². The van der Waals surface area contributed by atoms with Crippen LogP contribution in [0.15, 0.2) is 12.2 Å². The van der Waals surface area contributed by atoms with Crippen molar-refractivity contribution in [3.63, 3.8) is 0 Å². The van der Waals surface area contributed by atoms with Crippen LogP contribution in [0.1, 0.15) is 66.2 Å². The average Bonchev–Trinajstić information content (AvgIpc) is 2.72. The highest BCUT2D eigenvalue weighted by molar-refractivity contribution is 5.90. The van der Waals surface area contributed by atoms with Crippen LogP contribution in [0.2, 0.25) is 0 Å². The molecule has 1 N–H and O–H groups in total. The Morgan fingerprint density at radius 1 is 0.879 bits per heavy atom. The van der Waals surface area contributed by atoms with Gasteiger partial charge in [-0.15, -0.1) is 0 Å². The van der Waals surface area contributed by atoms with Gasteiger partial charge < -0.3 is 28.8 Å². The highest BCUT2D eigenvalue weighted by atomic mass is 16.8. The molecule has 1 saturated heterocycles. The number of esters is 4. The van der Waals surface area contributed by atoms with Crippen LogP contribution in [-0.4, -0.2) is 65.7 Å². The molecule has 1 heterocycles. The van der Waals surface area contributed by atoms with Gasteiger partial charge in [0.15, 0.2) is 12.2 Å². The third kappa shape index (κ3) is 9.21. The molecule has 0 spiro atoms. The van der Waals surface area contributed by atoms with E-state index < -0.39 is 53.9 Å². The van der Waals surface area contributed by atoms with Gasteiger partial charge in [-0.05, 0) is 19.3 Å². The lowest BCUT2D eigenvalue weighted by Gasteiger charge is -2.45. The fraction of sp³-hybridized carbons (Fsp3) is 0.682. The van der Waals surface area contributed by atoms with Gasteiger partial charge in [0, 0.05) is 38.3 Å². The summed E-state index contributed by atoms with van der Waals surface area (Å²) < 4.78 is 27.3. The first-order valence-electron chi connectivity index (χ1n) is 10.9. The minimum Gasteiger partial charge on any atom is -0.478 e. The van der Waals surface area contributed by atoms with Gasteiger partial charge in [0.1, 0.15) is 0 Å². The Kier molecular flexibility index (Phi) is 11.5. The Balaban J connectivity index is 3.31. The number of rotatable bonds is 12. The second-order valence-electron chi connectivity index (χ2n) is 7.56. The van der Waals surface area contributed by atoms with E-state index in [1.54, 1.807) is 20.8 Å². The first-order valence-corrected chi connectivity index (χ1v) is 10.9. The number of hydrogen-bond donors (Lipinski definition) is 1. The largest absolute Gasteiger partial charge is 0.478 e. The van der Waals surface area contributed by atoms with Gasteiger partial charge in [0.25, 0.3) is 5.79 Å². The summed E-state index contributed by atoms with van der Waals surface area (Å²) in [5.74, 6) is -6.28. The van der Waals surface area contributed by atoms with Crippen LogP contribution in [0.3, 0.4) is 0 Å². The summed E-state index contributed by atoms with van der Waals surface area (Å²) in [7, 11) is 0. The Labute approximate surface area is 192 Å². The molecule has 0 bridgehead atoms. The zero-order valence-electron chi connectivity index (χ0n) is 19.4. The maximum absolute atomic E-state index is 12.3. The third-order valence-corrected chi connectivity index (χ3v) is 4.55. The van der Waals surface area contributed by atoms with Gasteiger partial charge in [-0.25, -0.2) is 9.59 Å². The van der Waals surface area contributed by atoms with Crippen LogP contribution in [0, 0.1) is 0 Å². The third-order valence-electron chi connectivity index (χ3n) is 4.55. The van der Waals surface area contributed by atoms with Crippen LogP contribution in [0.5, 0.6) is 0 Å². The highest BCUT2D eigenvalue weighted by Gasteiger charge is 2.56. The summed E-state index contributed by atoms with van der Waals surface area (Å²) in [6.45, 7) is 6.27. The number of carboxylic acids is 1. The van der Waals surface area contributed by atoms with Crippen molar-refractivity contribution in [3.05, 3.63) is 12.2 Å². The molecule has 0 aromatic heterocycles. The number of hydrogen-bond acceptors (Lipinski definition) is 10. The van der Waals surface area contributed by atoms with E-state index in [2.05, 4.69) is 0 Å². The number of ether oxygens (including phenoxy) is 5. The summed E-state index contributed by atoms with van der Waals surface area (Å²) >= 11 is 0. The van der Waals surface area contributed by atoms with E-state index in [1.807, 2.05) is 0 Å². The number of carbonyl (C=O) groups excluding carboxylic acids is 4. The molecule has 1 aliphatic rings. The zero-order valence-corrected chi connectivity index (χ0v) is 19.4. The Morgan fingerprint density at radius 3 is 1.91 bits per heavy atom. The predicted octanol–water partition coefficient (Wildman–Crippen LogP) is 2.05. The second kappa shape index (κ2) is 13.6. The first kappa shape index (κ1) is 28.1. The molecule has 11 heteroatoms. The van der Waals surface area contributed by atoms with Crippen molar-refractivity contribution in [1.82, 2.24) is 0 Å². The molecule has 0 saturated carbocycles. The molecule has 11 nitrogen and oxygen atoms in total. The van der Waals surface area contributed by atoms with Gasteiger partial charge in [0.2, 0.25) is 6.10 Å². The molecule has 0 aromatic rings. The van der Waals surface area contributed by atoms with Crippen LogP contribution < -0.4 is 0 Å². The Hall–Kier alpha value is -2.95. The summed E-state index contributed by atoms with van der Waals surface area (Å²) in [6.07, 6.45) is -1.04. The molecule has 0 amide bonds. The van der Waals surface area contributed by atoms with Gasteiger partial charge >= 0.3 is 29.8 Å². The lowest BCUT2D eigenvalue weighted by molar-refractivity contribution is -0.321. The van der Waals surface area contributed by atoms with Crippen LogP contribution in [-0.2, 0) is 47.7 Å². The minimum atomic E-state index is -1.95. The van der Waals surface area contributed by atoms with Gasteiger partial charge in [-0.3, -0.25) is 14.4 Å². The molecule has 0 aromatic carbocycles. The number of carboxylic acid groups (broad SMARTS) is 1. The quantitative estimate of drug-likeness (QED) is 0.252. The Bertz CT molecular complexity index is 745. The van der Waals surface area contributed by atoms with E-state index >= 15 is 0 Å². The smallest absolute Gasteiger partial charge is 0.333 e. The van der Waals surface area contributed by atoms with Crippen molar-refractivity contribution in [1.29, 1.82) is 0 Å². The first-order chi connectivity index (χ1) is 15.6. The van der Waals surface area contributed by atoms with Crippen molar-refractivity contribution in [2.45, 2.75) is 90.3 Å². The monoisotopic (exact) mass is 472 g/mol. The van der Waals surface area contributed by atoms with E-state index in [0.717, 1.165) is 0 Å². The lowest BCUT2D eigenvalue weighted by atomic mass is 9.96. The maximum atomic E-state index is 12.3. The summed E-state index contributed by atoms with van der Waals surface area (Å²) in [5, 5.41) is 8.72. The zero-order chi connectivity index (χ0) is 25.0. The molecule has 0 unspecified atom stereocenters. The topological polar surface area (TPSA) is 152 Å². The lowest BCUT2D eigenvalue weighted by Crippen LogP contribution is -2.64. The summed E-state index contributed by atoms with van der Waals surface area (Å²) in [6, 6.07) is 0. The molecule has 33 heavy (non-hydrogen) atoms.